The van der Waals surface area contributed by atoms with E-state index in [9.17, 15) is 24.6 Å². The van der Waals surface area contributed by atoms with Gasteiger partial charge in [-0.1, -0.05) is 81.3 Å². The largest absolute Gasteiger partial charge is 0.479 e. The van der Waals surface area contributed by atoms with Gasteiger partial charge in [-0.3, -0.25) is 9.59 Å². The van der Waals surface area contributed by atoms with Crippen LogP contribution in [0.15, 0.2) is 36.4 Å². The molecule has 0 heterocycles. The van der Waals surface area contributed by atoms with Crippen LogP contribution >= 0.6 is 11.6 Å². The highest BCUT2D eigenvalue weighted by molar-refractivity contribution is 6.30. The molecular formula is C29H44ClNO5. The number of aliphatic hydroxyl groups is 1. The van der Waals surface area contributed by atoms with Gasteiger partial charge in [-0.25, -0.2) is 4.79 Å². The van der Waals surface area contributed by atoms with Crippen molar-refractivity contribution in [2.24, 2.45) is 5.92 Å². The van der Waals surface area contributed by atoms with Crippen LogP contribution in [0.4, 0.5) is 0 Å². The number of nitrogens with one attached hydrogen (secondary N) is 1. The van der Waals surface area contributed by atoms with Crippen LogP contribution in [-0.2, 0) is 20.8 Å². The van der Waals surface area contributed by atoms with Gasteiger partial charge < -0.3 is 15.5 Å². The van der Waals surface area contributed by atoms with Crippen molar-refractivity contribution >= 4 is 29.3 Å². The van der Waals surface area contributed by atoms with E-state index in [1.807, 2.05) is 12.1 Å². The molecule has 0 unspecified atom stereocenters. The number of ketones is 1. The number of unbranched alkanes of at least 4 members (excludes halogenated alkanes) is 8. The van der Waals surface area contributed by atoms with Gasteiger partial charge in [0.1, 0.15) is 5.78 Å². The Labute approximate surface area is 221 Å². The highest BCUT2D eigenvalue weighted by atomic mass is 35.5. The quantitative estimate of drug-likeness (QED) is 0.138. The monoisotopic (exact) mass is 521 g/mol. The van der Waals surface area contributed by atoms with Crippen molar-refractivity contribution in [1.82, 2.24) is 5.32 Å². The van der Waals surface area contributed by atoms with Crippen LogP contribution in [0.5, 0.6) is 0 Å². The zero-order valence-electron chi connectivity index (χ0n) is 21.9. The Hall–Kier alpha value is -2.18. The topological polar surface area (TPSA) is 104 Å². The van der Waals surface area contributed by atoms with Crippen LogP contribution in [-0.4, -0.2) is 40.0 Å². The Morgan fingerprint density at radius 2 is 1.56 bits per heavy atom. The maximum absolute atomic E-state index is 12.7. The molecule has 7 heteroatoms. The van der Waals surface area contributed by atoms with Gasteiger partial charge in [0, 0.05) is 24.4 Å². The second kappa shape index (κ2) is 18.1. The van der Waals surface area contributed by atoms with Gasteiger partial charge in [0.15, 0.2) is 5.60 Å². The minimum atomic E-state index is -2.21. The Bertz CT molecular complexity index is 819. The molecule has 1 amide bonds. The lowest BCUT2D eigenvalue weighted by atomic mass is 9.87. The number of hydrogen-bond donors (Lipinski definition) is 3. The summed E-state index contributed by atoms with van der Waals surface area (Å²) in [5.74, 6) is -2.82. The van der Waals surface area contributed by atoms with E-state index in [1.165, 1.54) is 25.3 Å². The number of carboxylic acids is 1. The number of rotatable bonds is 20. The van der Waals surface area contributed by atoms with Crippen molar-refractivity contribution in [1.29, 1.82) is 0 Å². The number of amides is 1. The molecule has 3 N–H and O–H groups in total. The van der Waals surface area contributed by atoms with Gasteiger partial charge in [0.2, 0.25) is 5.91 Å². The van der Waals surface area contributed by atoms with Crippen molar-refractivity contribution < 1.29 is 24.6 Å². The first kappa shape index (κ1) is 31.8. The van der Waals surface area contributed by atoms with Gasteiger partial charge in [-0.15, -0.1) is 0 Å². The Morgan fingerprint density at radius 1 is 0.972 bits per heavy atom. The molecule has 0 bridgehead atoms. The smallest absolute Gasteiger partial charge is 0.336 e. The molecule has 0 aliphatic carbocycles. The summed E-state index contributed by atoms with van der Waals surface area (Å²) in [5, 5.41) is 23.2. The normalized spacial score (nSPS) is 13.9. The van der Waals surface area contributed by atoms with E-state index >= 15 is 0 Å². The number of carboxylic acid groups (broad SMARTS) is 1. The summed E-state index contributed by atoms with van der Waals surface area (Å²) in [5.41, 5.74) is -1.22. The third-order valence-corrected chi connectivity index (χ3v) is 6.66. The number of Topliss-reactive ketones (excluding diaryl/α,β-unsaturated/α-hetero) is 1. The molecule has 1 rings (SSSR count). The predicted molar refractivity (Wildman–Crippen MR) is 145 cm³/mol. The molecule has 2 atom stereocenters. The van der Waals surface area contributed by atoms with E-state index < -0.39 is 23.4 Å². The highest BCUT2D eigenvalue weighted by Crippen LogP contribution is 2.21. The third kappa shape index (κ3) is 13.2. The van der Waals surface area contributed by atoms with Crippen molar-refractivity contribution in [2.45, 2.75) is 103 Å². The number of aliphatic carboxylic acids is 1. The lowest BCUT2D eigenvalue weighted by molar-refractivity contribution is -0.163. The lowest BCUT2D eigenvalue weighted by Crippen LogP contribution is -2.49. The molecular weight excluding hydrogens is 478 g/mol. The van der Waals surface area contributed by atoms with Crippen LogP contribution < -0.4 is 5.32 Å². The molecule has 0 aromatic heterocycles. The van der Waals surface area contributed by atoms with Crippen LogP contribution in [0, 0.1) is 5.92 Å². The summed E-state index contributed by atoms with van der Waals surface area (Å²) >= 11 is 5.88. The van der Waals surface area contributed by atoms with Crippen LogP contribution in [0.1, 0.15) is 96.5 Å². The predicted octanol–water partition coefficient (Wildman–Crippen LogP) is 6.28. The fraction of sp³-hybridized carbons (Fsp3) is 0.621. The lowest BCUT2D eigenvalue weighted by Gasteiger charge is -2.25. The third-order valence-electron chi connectivity index (χ3n) is 6.41. The number of carbonyl (C=O) groups excluding carboxylic acids is 2. The van der Waals surface area contributed by atoms with Gasteiger partial charge in [-0.2, -0.15) is 0 Å². The minimum absolute atomic E-state index is 0.317. The van der Waals surface area contributed by atoms with Gasteiger partial charge in [-0.05, 0) is 56.7 Å². The average molecular weight is 522 g/mol. The summed E-state index contributed by atoms with van der Waals surface area (Å²) in [6.07, 6.45) is 15.3. The number of allylic oxidation sites excluding steroid dienone is 1. The molecule has 6 nitrogen and oxygen atoms in total. The van der Waals surface area contributed by atoms with E-state index in [0.29, 0.717) is 43.0 Å². The molecule has 0 aliphatic heterocycles. The molecule has 0 fully saturated rings. The van der Waals surface area contributed by atoms with E-state index in [0.717, 1.165) is 51.0 Å². The Kier molecular flexibility index (Phi) is 16.0. The summed E-state index contributed by atoms with van der Waals surface area (Å²) < 4.78 is 0. The Morgan fingerprint density at radius 3 is 2.14 bits per heavy atom. The standard InChI is InChI=1S/C29H44ClNO5/c1-3-4-5-8-11-14-25(32)15-12-9-6-7-10-13-16-26(29(2,36)28(34)35)27(33)31-22-21-23-17-19-24(30)20-18-23/h13,16-20,26,36H,3-12,14-15,21-22H2,1-2H3,(H,31,33)(H,34,35)/b16-13+/t26-,29+/m1/s1. The average Bonchev–Trinajstić information content (AvgIpc) is 2.83. The van der Waals surface area contributed by atoms with Crippen molar-refractivity contribution in [2.75, 3.05) is 6.54 Å². The van der Waals surface area contributed by atoms with Crippen molar-refractivity contribution in [3.63, 3.8) is 0 Å². The zero-order chi connectivity index (χ0) is 26.8. The first-order valence-electron chi connectivity index (χ1n) is 13.3. The number of benzene rings is 1. The maximum Gasteiger partial charge on any atom is 0.336 e. The van der Waals surface area contributed by atoms with E-state index in [-0.39, 0.29) is 0 Å². The molecule has 1 aromatic carbocycles. The second-order valence-electron chi connectivity index (χ2n) is 9.68. The van der Waals surface area contributed by atoms with Gasteiger partial charge in [0.05, 0.1) is 5.92 Å². The van der Waals surface area contributed by atoms with E-state index in [4.69, 9.17) is 11.6 Å². The summed E-state index contributed by atoms with van der Waals surface area (Å²) in [6.45, 7) is 3.64. The van der Waals surface area contributed by atoms with Gasteiger partial charge in [0.25, 0.3) is 0 Å². The number of halogens is 1. The fourth-order valence-corrected chi connectivity index (χ4v) is 4.10. The molecule has 1 aromatic rings. The molecule has 0 saturated heterocycles. The molecule has 0 radical (unpaired) electrons. The first-order chi connectivity index (χ1) is 17.2. The molecule has 0 saturated carbocycles. The Balaban J connectivity index is 2.36. The SMILES string of the molecule is CCCCCCCC(=O)CCCCCC/C=C/[C@H](C(=O)NCCc1ccc(Cl)cc1)[C@](C)(O)C(=O)O. The fourth-order valence-electron chi connectivity index (χ4n) is 3.98. The highest BCUT2D eigenvalue weighted by Gasteiger charge is 2.42. The van der Waals surface area contributed by atoms with E-state index in [2.05, 4.69) is 12.2 Å². The van der Waals surface area contributed by atoms with Crippen LogP contribution in [0.3, 0.4) is 0 Å². The molecule has 36 heavy (non-hydrogen) atoms. The van der Waals surface area contributed by atoms with Gasteiger partial charge >= 0.3 is 5.97 Å². The summed E-state index contributed by atoms with van der Waals surface area (Å²) in [7, 11) is 0. The minimum Gasteiger partial charge on any atom is -0.479 e. The van der Waals surface area contributed by atoms with Crippen molar-refractivity contribution in [3.8, 4) is 0 Å². The summed E-state index contributed by atoms with van der Waals surface area (Å²) in [6, 6.07) is 7.27. The molecule has 0 spiro atoms. The number of carbonyl (C=O) groups is 3. The molecule has 0 aliphatic rings. The summed E-state index contributed by atoms with van der Waals surface area (Å²) in [4.78, 5) is 36.2. The first-order valence-corrected chi connectivity index (χ1v) is 13.7. The molecule has 202 valence electrons. The second-order valence-corrected chi connectivity index (χ2v) is 10.1. The maximum atomic E-state index is 12.7. The number of hydrogen-bond acceptors (Lipinski definition) is 4. The van der Waals surface area contributed by atoms with Crippen molar-refractivity contribution in [3.05, 3.63) is 47.0 Å². The van der Waals surface area contributed by atoms with Crippen LogP contribution in [0.25, 0.3) is 0 Å². The zero-order valence-corrected chi connectivity index (χ0v) is 22.7. The van der Waals surface area contributed by atoms with Crippen LogP contribution in [0.2, 0.25) is 5.02 Å². The van der Waals surface area contributed by atoms with E-state index in [1.54, 1.807) is 18.2 Å².